The first-order chi connectivity index (χ1) is 20.4. The lowest BCUT2D eigenvalue weighted by Crippen LogP contribution is -2.73. The molecule has 4 fully saturated rings. The van der Waals surface area contributed by atoms with Crippen molar-refractivity contribution in [2.75, 3.05) is 45.6 Å². The highest BCUT2D eigenvalue weighted by Gasteiger charge is 2.52. The van der Waals surface area contributed by atoms with Gasteiger partial charge in [0, 0.05) is 91.0 Å². The van der Waals surface area contributed by atoms with E-state index in [1.54, 1.807) is 12.3 Å². The number of likely N-dealkylation sites (tertiary alicyclic amines) is 2. The molecule has 4 aromatic rings. The zero-order valence-corrected chi connectivity index (χ0v) is 24.9. The molecule has 8 rings (SSSR count). The Bertz CT molecular complexity index is 1640. The van der Waals surface area contributed by atoms with E-state index in [2.05, 4.69) is 44.7 Å². The number of rotatable bonds is 7. The van der Waals surface area contributed by atoms with Gasteiger partial charge in [-0.15, -0.1) is 0 Å². The smallest absolute Gasteiger partial charge is 0.151 e. The summed E-state index contributed by atoms with van der Waals surface area (Å²) in [7, 11) is -1.04. The van der Waals surface area contributed by atoms with Crippen molar-refractivity contribution in [1.82, 2.24) is 19.4 Å². The number of imidazole rings is 1. The standard InChI is InChI=1S/C34H37FN4O2S/c1-42(40)29-10-6-25(7-11-29)33-36-32-30(35)16-26(17-31(32)39(33)28-8-9-28)24-4-2-23(3-5-24)18-37-19-34(20-37)21-38(22-34)27-12-14-41-15-13-27/h2-7,10-11,16-17,27-28H,8-9,12-15,18-22H2,1H3. The van der Waals surface area contributed by atoms with Crippen LogP contribution in [-0.2, 0) is 22.1 Å². The van der Waals surface area contributed by atoms with E-state index in [-0.39, 0.29) is 5.82 Å². The number of ether oxygens (including phenoxy) is 1. The molecule has 218 valence electrons. The Hall–Kier alpha value is -2.91. The van der Waals surface area contributed by atoms with Crippen LogP contribution in [0.15, 0.2) is 65.6 Å². The molecule has 1 aromatic heterocycles. The van der Waals surface area contributed by atoms with E-state index in [9.17, 15) is 4.21 Å². The fourth-order valence-corrected chi connectivity index (χ4v) is 7.94. The summed E-state index contributed by atoms with van der Waals surface area (Å²) in [6, 6.07) is 21.1. The van der Waals surface area contributed by atoms with Gasteiger partial charge in [0.05, 0.1) is 5.52 Å². The Morgan fingerprint density at radius 3 is 2.24 bits per heavy atom. The molecule has 3 aliphatic heterocycles. The molecule has 1 spiro atoms. The van der Waals surface area contributed by atoms with Crippen molar-refractivity contribution in [1.29, 1.82) is 0 Å². The third-order valence-electron chi connectivity index (χ3n) is 9.70. The Morgan fingerprint density at radius 2 is 1.57 bits per heavy atom. The maximum Gasteiger partial charge on any atom is 0.151 e. The van der Waals surface area contributed by atoms with Crippen LogP contribution in [0.25, 0.3) is 33.5 Å². The minimum atomic E-state index is -1.04. The second kappa shape index (κ2) is 10.4. The van der Waals surface area contributed by atoms with Crippen LogP contribution >= 0.6 is 0 Å². The maximum absolute atomic E-state index is 15.5. The lowest BCUT2D eigenvalue weighted by atomic mass is 9.71. The van der Waals surface area contributed by atoms with E-state index in [0.29, 0.717) is 17.0 Å². The first-order valence-corrected chi connectivity index (χ1v) is 16.8. The van der Waals surface area contributed by atoms with Crippen molar-refractivity contribution < 1.29 is 13.3 Å². The number of hydrogen-bond acceptors (Lipinski definition) is 5. The summed E-state index contributed by atoms with van der Waals surface area (Å²) in [5.74, 6) is 0.488. The van der Waals surface area contributed by atoms with Crippen molar-refractivity contribution in [2.24, 2.45) is 5.41 Å². The van der Waals surface area contributed by atoms with Crippen molar-refractivity contribution in [3.05, 3.63) is 72.0 Å². The molecule has 0 amide bonds. The molecule has 1 aliphatic carbocycles. The van der Waals surface area contributed by atoms with Crippen LogP contribution in [0.3, 0.4) is 0 Å². The van der Waals surface area contributed by atoms with Gasteiger partial charge in [0.1, 0.15) is 11.3 Å². The summed E-state index contributed by atoms with van der Waals surface area (Å²) >= 11 is 0. The number of hydrogen-bond donors (Lipinski definition) is 0. The third-order valence-corrected chi connectivity index (χ3v) is 10.6. The summed E-state index contributed by atoms with van der Waals surface area (Å²) < 4.78 is 35.1. The van der Waals surface area contributed by atoms with E-state index < -0.39 is 10.8 Å². The van der Waals surface area contributed by atoms with Gasteiger partial charge in [-0.1, -0.05) is 36.4 Å². The number of benzene rings is 3. The molecule has 4 aliphatic rings. The van der Waals surface area contributed by atoms with Crippen molar-refractivity contribution in [3.8, 4) is 22.5 Å². The van der Waals surface area contributed by atoms with Crippen molar-refractivity contribution in [3.63, 3.8) is 0 Å². The van der Waals surface area contributed by atoms with Gasteiger partial charge in [0.25, 0.3) is 0 Å². The summed E-state index contributed by atoms with van der Waals surface area (Å²) in [5.41, 5.74) is 5.88. The molecule has 0 N–H and O–H groups in total. The molecule has 3 saturated heterocycles. The van der Waals surface area contributed by atoms with Crippen molar-refractivity contribution >= 4 is 21.8 Å². The second-order valence-electron chi connectivity index (χ2n) is 12.9. The quantitative estimate of drug-likeness (QED) is 0.272. The van der Waals surface area contributed by atoms with Gasteiger partial charge in [-0.25, -0.2) is 9.37 Å². The Balaban J connectivity index is 0.979. The summed E-state index contributed by atoms with van der Waals surface area (Å²) in [6.07, 6.45) is 6.19. The number of halogens is 1. The molecule has 6 nitrogen and oxygen atoms in total. The third kappa shape index (κ3) is 4.82. The summed E-state index contributed by atoms with van der Waals surface area (Å²) in [6.45, 7) is 7.65. The molecular formula is C34H37FN4O2S. The molecule has 4 heterocycles. The highest BCUT2D eigenvalue weighted by molar-refractivity contribution is 7.84. The molecule has 3 aromatic carbocycles. The fourth-order valence-electron chi connectivity index (χ4n) is 7.42. The molecule has 0 bridgehead atoms. The molecule has 0 radical (unpaired) electrons. The van der Waals surface area contributed by atoms with Gasteiger partial charge >= 0.3 is 0 Å². The van der Waals surface area contributed by atoms with Crippen LogP contribution in [0.2, 0.25) is 0 Å². The lowest BCUT2D eigenvalue weighted by molar-refractivity contribution is -0.143. The minimum absolute atomic E-state index is 0.292. The van der Waals surface area contributed by atoms with Gasteiger partial charge in [0.2, 0.25) is 0 Å². The van der Waals surface area contributed by atoms with Crippen LogP contribution in [-0.4, -0.2) is 75.3 Å². The topological polar surface area (TPSA) is 50.6 Å². The minimum Gasteiger partial charge on any atom is -0.381 e. The van der Waals surface area contributed by atoms with Gasteiger partial charge in [-0.2, -0.15) is 0 Å². The number of fused-ring (bicyclic) bond motifs is 1. The van der Waals surface area contributed by atoms with Crippen LogP contribution in [0, 0.1) is 11.2 Å². The summed E-state index contributed by atoms with van der Waals surface area (Å²) in [4.78, 5) is 10.8. The summed E-state index contributed by atoms with van der Waals surface area (Å²) in [5, 5.41) is 0. The monoisotopic (exact) mass is 584 g/mol. The lowest BCUT2D eigenvalue weighted by Gasteiger charge is -2.62. The van der Waals surface area contributed by atoms with E-state index >= 15 is 4.39 Å². The first kappa shape index (κ1) is 26.7. The Morgan fingerprint density at radius 1 is 0.881 bits per heavy atom. The fraction of sp³-hybridized carbons (Fsp3) is 0.441. The van der Waals surface area contributed by atoms with Crippen molar-refractivity contribution in [2.45, 2.75) is 49.2 Å². The Labute approximate surface area is 248 Å². The van der Waals surface area contributed by atoms with E-state index in [0.717, 1.165) is 71.6 Å². The van der Waals surface area contributed by atoms with Gasteiger partial charge in [-0.3, -0.25) is 14.0 Å². The zero-order valence-electron chi connectivity index (χ0n) is 24.1. The van der Waals surface area contributed by atoms with Gasteiger partial charge < -0.3 is 9.30 Å². The van der Waals surface area contributed by atoms with Crippen LogP contribution < -0.4 is 0 Å². The molecule has 1 atom stereocenters. The van der Waals surface area contributed by atoms with Crippen LogP contribution in [0.1, 0.15) is 37.3 Å². The van der Waals surface area contributed by atoms with E-state index in [1.165, 1.54) is 44.6 Å². The van der Waals surface area contributed by atoms with Crippen LogP contribution in [0.5, 0.6) is 0 Å². The zero-order chi connectivity index (χ0) is 28.4. The maximum atomic E-state index is 15.5. The van der Waals surface area contributed by atoms with Gasteiger partial charge in [-0.05, 0) is 66.6 Å². The molecular weight excluding hydrogens is 547 g/mol. The average Bonchev–Trinajstić information content (AvgIpc) is 3.73. The predicted molar refractivity (Wildman–Crippen MR) is 164 cm³/mol. The predicted octanol–water partition coefficient (Wildman–Crippen LogP) is 5.88. The van der Waals surface area contributed by atoms with E-state index in [1.807, 2.05) is 24.3 Å². The molecule has 1 unspecified atom stereocenters. The average molecular weight is 585 g/mol. The molecule has 42 heavy (non-hydrogen) atoms. The first-order valence-electron chi connectivity index (χ1n) is 15.2. The highest BCUT2D eigenvalue weighted by atomic mass is 32.2. The molecule has 1 saturated carbocycles. The van der Waals surface area contributed by atoms with E-state index in [4.69, 9.17) is 9.72 Å². The normalized spacial score (nSPS) is 21.9. The molecule has 8 heteroatoms. The van der Waals surface area contributed by atoms with Gasteiger partial charge in [0.15, 0.2) is 5.82 Å². The Kier molecular flexibility index (Phi) is 6.59. The SMILES string of the molecule is CS(=O)c1ccc(-c2nc3c(F)cc(-c4ccc(CN5CC6(C5)CN(C5CCOCC5)C6)cc4)cc3n2C2CC2)cc1. The second-order valence-corrected chi connectivity index (χ2v) is 14.3. The largest absolute Gasteiger partial charge is 0.381 e. The highest BCUT2D eigenvalue weighted by Crippen LogP contribution is 2.44. The number of nitrogens with zero attached hydrogens (tertiary/aromatic N) is 4. The number of aromatic nitrogens is 2. The van der Waals surface area contributed by atoms with Crippen LogP contribution in [0.4, 0.5) is 4.39 Å².